The molecule has 5 nitrogen and oxygen atoms in total. The lowest BCUT2D eigenvalue weighted by molar-refractivity contribution is -0.120. The van der Waals surface area contributed by atoms with Crippen LogP contribution < -0.4 is 5.32 Å². The van der Waals surface area contributed by atoms with Gasteiger partial charge in [-0.3, -0.25) is 4.79 Å². The summed E-state index contributed by atoms with van der Waals surface area (Å²) in [4.78, 5) is 12.7. The van der Waals surface area contributed by atoms with E-state index in [1.807, 2.05) is 25.1 Å². The molecule has 0 aromatic heterocycles. The average Bonchev–Trinajstić information content (AvgIpc) is 2.68. The topological polar surface area (TPSA) is 66.5 Å². The van der Waals surface area contributed by atoms with Crippen molar-refractivity contribution < 1.29 is 13.2 Å². The summed E-state index contributed by atoms with van der Waals surface area (Å²) in [6, 6.07) is 10.5. The van der Waals surface area contributed by atoms with Gasteiger partial charge in [0.15, 0.2) is 0 Å². The largest absolute Gasteiger partial charge is 0.326 e. The summed E-state index contributed by atoms with van der Waals surface area (Å²) < 4.78 is 28.2. The summed E-state index contributed by atoms with van der Waals surface area (Å²) in [6.45, 7) is 2.46. The number of nitrogens with one attached hydrogen (secondary N) is 1. The summed E-state index contributed by atoms with van der Waals surface area (Å²) in [5, 5.41) is 3.53. The van der Waals surface area contributed by atoms with Crippen LogP contribution in [0.5, 0.6) is 0 Å². The number of aryl methyl sites for hydroxylation is 1. The molecule has 1 atom stereocenters. The molecule has 29 heavy (non-hydrogen) atoms. The van der Waals surface area contributed by atoms with E-state index in [4.69, 9.17) is 23.2 Å². The molecule has 1 heterocycles. The number of sulfonamides is 1. The van der Waals surface area contributed by atoms with Crippen LogP contribution in [0.2, 0.25) is 10.0 Å². The Hall–Kier alpha value is -1.12. The van der Waals surface area contributed by atoms with E-state index < -0.39 is 15.9 Å². The van der Waals surface area contributed by atoms with Gasteiger partial charge in [-0.15, -0.1) is 0 Å². The second kappa shape index (κ2) is 9.35. The predicted octanol–water partition coefficient (Wildman–Crippen LogP) is 5.24. The van der Waals surface area contributed by atoms with Crippen LogP contribution in [0, 0.1) is 12.8 Å². The molecular weight excluding hydrogens is 499 g/mol. The van der Waals surface area contributed by atoms with Crippen LogP contribution in [0.3, 0.4) is 0 Å². The first-order valence-corrected chi connectivity index (χ1v) is 12.3. The van der Waals surface area contributed by atoms with Gasteiger partial charge in [0.1, 0.15) is 0 Å². The van der Waals surface area contributed by atoms with Crippen molar-refractivity contribution in [2.24, 2.45) is 5.92 Å². The van der Waals surface area contributed by atoms with E-state index in [1.165, 1.54) is 4.31 Å². The van der Waals surface area contributed by atoms with Crippen molar-refractivity contribution in [3.8, 4) is 0 Å². The highest BCUT2D eigenvalue weighted by Crippen LogP contribution is 2.29. The van der Waals surface area contributed by atoms with Gasteiger partial charge in [0.25, 0.3) is 0 Å². The molecule has 0 saturated carbocycles. The van der Waals surface area contributed by atoms with Gasteiger partial charge in [-0.1, -0.05) is 45.2 Å². The van der Waals surface area contributed by atoms with Crippen molar-refractivity contribution >= 4 is 60.7 Å². The van der Waals surface area contributed by atoms with Crippen molar-refractivity contribution in [1.82, 2.24) is 4.31 Å². The smallest absolute Gasteiger partial charge is 0.228 e. The number of piperidine rings is 1. The molecule has 2 aromatic carbocycles. The fourth-order valence-corrected chi connectivity index (χ4v) is 5.93. The average molecular weight is 520 g/mol. The summed E-state index contributed by atoms with van der Waals surface area (Å²) in [6.07, 6.45) is 1.26. The SMILES string of the molecule is Cc1cc(NC(=O)[C@H]2CCCN(S(=O)(=O)Cc3c(Cl)cccc3Cl)C2)ccc1Br. The number of hydrogen-bond acceptors (Lipinski definition) is 3. The number of anilines is 1. The molecule has 0 spiro atoms. The van der Waals surface area contributed by atoms with E-state index in [1.54, 1.807) is 18.2 Å². The lowest BCUT2D eigenvalue weighted by Gasteiger charge is -2.31. The molecule has 0 unspecified atom stereocenters. The number of carbonyl (C=O) groups is 1. The zero-order valence-corrected chi connectivity index (χ0v) is 19.7. The van der Waals surface area contributed by atoms with Crippen molar-refractivity contribution in [2.45, 2.75) is 25.5 Å². The molecule has 2 aromatic rings. The number of rotatable bonds is 5. The Morgan fingerprint density at radius 3 is 2.59 bits per heavy atom. The minimum atomic E-state index is -3.65. The van der Waals surface area contributed by atoms with Crippen molar-refractivity contribution in [3.63, 3.8) is 0 Å². The van der Waals surface area contributed by atoms with Gasteiger partial charge in [0.2, 0.25) is 15.9 Å². The molecule has 0 bridgehead atoms. The second-order valence-corrected chi connectivity index (χ2v) is 10.7. The summed E-state index contributed by atoms with van der Waals surface area (Å²) >= 11 is 15.7. The maximum Gasteiger partial charge on any atom is 0.228 e. The van der Waals surface area contributed by atoms with E-state index in [2.05, 4.69) is 21.2 Å². The van der Waals surface area contributed by atoms with Gasteiger partial charge in [-0.25, -0.2) is 12.7 Å². The number of amides is 1. The fraction of sp³-hybridized carbons (Fsp3) is 0.350. The normalized spacial score (nSPS) is 17.9. The molecule has 1 amide bonds. The van der Waals surface area contributed by atoms with E-state index >= 15 is 0 Å². The number of nitrogens with zero attached hydrogens (tertiary/aromatic N) is 1. The van der Waals surface area contributed by atoms with Crippen LogP contribution in [-0.2, 0) is 20.6 Å². The highest BCUT2D eigenvalue weighted by atomic mass is 79.9. The molecule has 1 fully saturated rings. The van der Waals surface area contributed by atoms with Crippen molar-refractivity contribution in [2.75, 3.05) is 18.4 Å². The quantitative estimate of drug-likeness (QED) is 0.587. The minimum Gasteiger partial charge on any atom is -0.326 e. The van der Waals surface area contributed by atoms with Crippen molar-refractivity contribution in [3.05, 3.63) is 62.0 Å². The number of benzene rings is 2. The molecule has 9 heteroatoms. The van der Waals surface area contributed by atoms with E-state index in [0.717, 1.165) is 10.0 Å². The molecule has 0 radical (unpaired) electrons. The molecule has 1 N–H and O–H groups in total. The fourth-order valence-electron chi connectivity index (χ4n) is 3.32. The molecule has 0 aliphatic carbocycles. The van der Waals surface area contributed by atoms with Crippen LogP contribution in [0.25, 0.3) is 0 Å². The van der Waals surface area contributed by atoms with Crippen LogP contribution in [0.1, 0.15) is 24.0 Å². The van der Waals surface area contributed by atoms with Crippen LogP contribution in [-0.4, -0.2) is 31.7 Å². The maximum atomic E-state index is 12.9. The van der Waals surface area contributed by atoms with Gasteiger partial charge >= 0.3 is 0 Å². The third kappa shape index (κ3) is 5.52. The van der Waals surface area contributed by atoms with E-state index in [9.17, 15) is 13.2 Å². The van der Waals surface area contributed by atoms with E-state index in [-0.39, 0.29) is 18.2 Å². The first kappa shape index (κ1) is 22.6. The molecule has 3 rings (SSSR count). The molecule has 1 saturated heterocycles. The summed E-state index contributed by atoms with van der Waals surface area (Å²) in [5.41, 5.74) is 2.08. The van der Waals surface area contributed by atoms with Gasteiger partial charge in [0, 0.05) is 38.9 Å². The number of halogens is 3. The van der Waals surface area contributed by atoms with Crippen molar-refractivity contribution in [1.29, 1.82) is 0 Å². The second-order valence-electron chi connectivity index (χ2n) is 7.11. The highest BCUT2D eigenvalue weighted by Gasteiger charge is 2.33. The predicted molar refractivity (Wildman–Crippen MR) is 121 cm³/mol. The van der Waals surface area contributed by atoms with Gasteiger partial charge in [-0.05, 0) is 55.7 Å². The first-order chi connectivity index (χ1) is 13.7. The summed E-state index contributed by atoms with van der Waals surface area (Å²) in [7, 11) is -3.65. The lowest BCUT2D eigenvalue weighted by Crippen LogP contribution is -2.44. The third-order valence-corrected chi connectivity index (χ3v) is 8.33. The first-order valence-electron chi connectivity index (χ1n) is 9.15. The molecule has 1 aliphatic heterocycles. The molecule has 156 valence electrons. The Labute approximate surface area is 189 Å². The maximum absolute atomic E-state index is 12.9. The van der Waals surface area contributed by atoms with Gasteiger partial charge in [-0.2, -0.15) is 0 Å². The Morgan fingerprint density at radius 2 is 1.93 bits per heavy atom. The minimum absolute atomic E-state index is 0.145. The van der Waals surface area contributed by atoms with Gasteiger partial charge in [0.05, 0.1) is 11.7 Å². The molecular formula is C20H21BrCl2N2O3S. The Morgan fingerprint density at radius 1 is 1.24 bits per heavy atom. The van der Waals surface area contributed by atoms with Crippen LogP contribution >= 0.6 is 39.1 Å². The van der Waals surface area contributed by atoms with Gasteiger partial charge < -0.3 is 5.32 Å². The summed E-state index contributed by atoms with van der Waals surface area (Å²) in [5.74, 6) is -0.877. The van der Waals surface area contributed by atoms with Crippen LogP contribution in [0.4, 0.5) is 5.69 Å². The Kier molecular flexibility index (Phi) is 7.27. The zero-order valence-electron chi connectivity index (χ0n) is 15.8. The Bertz CT molecular complexity index is 1010. The number of carbonyl (C=O) groups excluding carboxylic acids is 1. The molecule has 1 aliphatic rings. The zero-order chi connectivity index (χ0) is 21.2. The lowest BCUT2D eigenvalue weighted by atomic mass is 9.98. The standard InChI is InChI=1S/C20H21BrCl2N2O3S/c1-13-10-15(7-8-17(13)21)24-20(26)14-4-3-9-25(11-14)29(27,28)12-16-18(22)5-2-6-19(16)23/h2,5-8,10,14H,3-4,9,11-12H2,1H3,(H,24,26)/t14-/m0/s1. The third-order valence-electron chi connectivity index (χ3n) is 4.96. The van der Waals surface area contributed by atoms with E-state index in [0.29, 0.717) is 40.7 Å². The highest BCUT2D eigenvalue weighted by molar-refractivity contribution is 9.10. The van der Waals surface area contributed by atoms with Crippen LogP contribution in [0.15, 0.2) is 40.9 Å². The Balaban J connectivity index is 1.70. The number of hydrogen-bond donors (Lipinski definition) is 1. The monoisotopic (exact) mass is 518 g/mol.